The molecule has 1 heterocycles. The number of aryl methyl sites for hydroxylation is 2. The van der Waals surface area contributed by atoms with Crippen molar-refractivity contribution in [1.29, 1.82) is 0 Å². The van der Waals surface area contributed by atoms with Crippen molar-refractivity contribution < 1.29 is 4.74 Å². The van der Waals surface area contributed by atoms with Crippen molar-refractivity contribution in [1.82, 2.24) is 20.5 Å². The van der Waals surface area contributed by atoms with Gasteiger partial charge in [-0.05, 0) is 45.6 Å². The lowest BCUT2D eigenvalue weighted by molar-refractivity contribution is 0.297. The topological polar surface area (TPSA) is 61.8 Å². The molecule has 1 unspecified atom stereocenters. The van der Waals surface area contributed by atoms with Crippen LogP contribution in [0.5, 0.6) is 5.75 Å². The summed E-state index contributed by atoms with van der Waals surface area (Å²) in [4.78, 5) is 12.4. The molecule has 2 aromatic rings. The summed E-state index contributed by atoms with van der Waals surface area (Å²) < 4.78 is 5.36. The van der Waals surface area contributed by atoms with Gasteiger partial charge in [-0.15, -0.1) is 35.3 Å². The van der Waals surface area contributed by atoms with Gasteiger partial charge in [0.05, 0.1) is 23.9 Å². The molecule has 1 atom stereocenters. The predicted octanol–water partition coefficient (Wildman–Crippen LogP) is 3.40. The maximum absolute atomic E-state index is 5.36. The van der Waals surface area contributed by atoms with Crippen LogP contribution in [0, 0.1) is 13.8 Å². The number of hydrogen-bond acceptors (Lipinski definition) is 5. The van der Waals surface area contributed by atoms with Crippen molar-refractivity contribution in [2.24, 2.45) is 4.99 Å². The number of guanidine groups is 1. The Balaban J connectivity index is 0.00000392. The fourth-order valence-electron chi connectivity index (χ4n) is 2.80. The van der Waals surface area contributed by atoms with Crippen LogP contribution in [-0.4, -0.2) is 57.2 Å². The Bertz CT molecular complexity index is 743. The summed E-state index contributed by atoms with van der Waals surface area (Å²) in [6, 6.07) is 8.40. The van der Waals surface area contributed by atoms with Gasteiger partial charge in [-0.25, -0.2) is 4.98 Å². The number of hydrogen-bond donors (Lipinski definition) is 2. The predicted molar refractivity (Wildman–Crippen MR) is 129 cm³/mol. The van der Waals surface area contributed by atoms with E-state index in [-0.39, 0.29) is 30.0 Å². The number of thiazole rings is 1. The fraction of sp³-hybridized carbons (Fsp3) is 0.500. The molecule has 156 valence electrons. The molecule has 0 spiro atoms. The molecule has 0 fully saturated rings. The highest BCUT2D eigenvalue weighted by Gasteiger charge is 2.15. The molecule has 1 aromatic heterocycles. The summed E-state index contributed by atoms with van der Waals surface area (Å²) in [7, 11) is 7.65. The van der Waals surface area contributed by atoms with E-state index in [0.717, 1.165) is 41.9 Å². The van der Waals surface area contributed by atoms with Crippen molar-refractivity contribution >= 4 is 41.3 Å². The number of benzene rings is 1. The first-order chi connectivity index (χ1) is 12.9. The lowest BCUT2D eigenvalue weighted by Gasteiger charge is -2.26. The Morgan fingerprint density at radius 2 is 2.04 bits per heavy atom. The van der Waals surface area contributed by atoms with Crippen LogP contribution in [-0.2, 0) is 6.42 Å². The van der Waals surface area contributed by atoms with Crippen molar-refractivity contribution in [2.75, 3.05) is 41.3 Å². The van der Waals surface area contributed by atoms with E-state index in [1.165, 1.54) is 10.4 Å². The van der Waals surface area contributed by atoms with Crippen molar-refractivity contribution in [3.05, 3.63) is 45.4 Å². The molecule has 1 aromatic carbocycles. The van der Waals surface area contributed by atoms with E-state index in [1.807, 2.05) is 12.1 Å². The van der Waals surface area contributed by atoms with E-state index < -0.39 is 0 Å². The molecule has 2 rings (SSSR count). The van der Waals surface area contributed by atoms with Crippen LogP contribution in [0.15, 0.2) is 29.3 Å². The Morgan fingerprint density at radius 1 is 1.29 bits per heavy atom. The third kappa shape index (κ3) is 7.21. The summed E-state index contributed by atoms with van der Waals surface area (Å²) in [5.74, 6) is 1.67. The summed E-state index contributed by atoms with van der Waals surface area (Å²) in [5.41, 5.74) is 2.33. The molecule has 0 bridgehead atoms. The summed E-state index contributed by atoms with van der Waals surface area (Å²) >= 11 is 1.77. The molecule has 28 heavy (non-hydrogen) atoms. The van der Waals surface area contributed by atoms with Crippen molar-refractivity contribution in [3.8, 4) is 5.75 Å². The smallest absolute Gasteiger partial charge is 0.191 e. The Kier molecular flexibility index (Phi) is 10.8. The molecular formula is C20H32IN5OS. The van der Waals surface area contributed by atoms with Gasteiger partial charge in [0.1, 0.15) is 5.75 Å². The van der Waals surface area contributed by atoms with Gasteiger partial charge in [0.25, 0.3) is 0 Å². The monoisotopic (exact) mass is 517 g/mol. The van der Waals surface area contributed by atoms with Crippen LogP contribution < -0.4 is 15.4 Å². The van der Waals surface area contributed by atoms with Gasteiger partial charge in [-0.1, -0.05) is 12.1 Å². The highest BCUT2D eigenvalue weighted by molar-refractivity contribution is 14.0. The van der Waals surface area contributed by atoms with E-state index in [0.29, 0.717) is 0 Å². The molecule has 0 aliphatic carbocycles. The van der Waals surface area contributed by atoms with Crippen LogP contribution in [0.3, 0.4) is 0 Å². The van der Waals surface area contributed by atoms with E-state index >= 15 is 0 Å². The first kappa shape index (κ1) is 24.6. The number of halogens is 1. The van der Waals surface area contributed by atoms with Crippen LogP contribution in [0.4, 0.5) is 0 Å². The Morgan fingerprint density at radius 3 is 2.61 bits per heavy atom. The molecule has 8 heteroatoms. The highest BCUT2D eigenvalue weighted by Crippen LogP contribution is 2.22. The molecule has 6 nitrogen and oxygen atoms in total. The molecule has 0 aliphatic heterocycles. The minimum absolute atomic E-state index is 0. The highest BCUT2D eigenvalue weighted by atomic mass is 127. The van der Waals surface area contributed by atoms with E-state index in [1.54, 1.807) is 25.5 Å². The molecule has 0 aliphatic rings. The van der Waals surface area contributed by atoms with Gasteiger partial charge < -0.3 is 20.3 Å². The second kappa shape index (κ2) is 12.2. The minimum atomic E-state index is 0. The van der Waals surface area contributed by atoms with Gasteiger partial charge in [0.15, 0.2) is 5.96 Å². The maximum Gasteiger partial charge on any atom is 0.191 e. The molecule has 2 N–H and O–H groups in total. The Hall–Kier alpha value is -1.39. The van der Waals surface area contributed by atoms with E-state index in [9.17, 15) is 0 Å². The first-order valence-electron chi connectivity index (χ1n) is 9.12. The van der Waals surface area contributed by atoms with Crippen molar-refractivity contribution in [3.63, 3.8) is 0 Å². The SMILES string of the molecule is CN=C(NCCc1nc(C)c(C)s1)NCC(c1cccc(OC)c1)N(C)C.I. The standard InChI is InChI=1S/C20H31N5OS.HI/c1-14-15(2)27-19(24-14)10-11-22-20(21-3)23-13-18(25(4)5)16-8-7-9-17(12-16)26-6;/h7-9,12,18H,10-11,13H2,1-6H3,(H2,21,22,23);1H. The number of methoxy groups -OCH3 is 1. The second-order valence-electron chi connectivity index (χ2n) is 6.64. The van der Waals surface area contributed by atoms with Gasteiger partial charge in [-0.3, -0.25) is 4.99 Å². The second-order valence-corrected chi connectivity index (χ2v) is 7.92. The molecule has 0 saturated heterocycles. The van der Waals surface area contributed by atoms with Crippen molar-refractivity contribution in [2.45, 2.75) is 26.3 Å². The molecule has 0 amide bonds. The molecule has 0 saturated carbocycles. The normalized spacial score (nSPS) is 12.5. The maximum atomic E-state index is 5.36. The van der Waals surface area contributed by atoms with Gasteiger partial charge in [-0.2, -0.15) is 0 Å². The third-order valence-corrected chi connectivity index (χ3v) is 5.63. The number of likely N-dealkylation sites (N-methyl/N-ethyl adjacent to an activating group) is 1. The quantitative estimate of drug-likeness (QED) is 0.320. The number of nitrogens with one attached hydrogen (secondary N) is 2. The molecule has 0 radical (unpaired) electrons. The number of ether oxygens (including phenoxy) is 1. The lowest BCUT2D eigenvalue weighted by Crippen LogP contribution is -2.42. The zero-order valence-corrected chi connectivity index (χ0v) is 20.7. The van der Waals surface area contributed by atoms with Crippen LogP contribution in [0.1, 0.15) is 27.2 Å². The number of rotatable bonds is 8. The number of aliphatic imine (C=N–C) groups is 1. The number of aromatic nitrogens is 1. The van der Waals surface area contributed by atoms with Gasteiger partial charge >= 0.3 is 0 Å². The summed E-state index contributed by atoms with van der Waals surface area (Å²) in [5, 5.41) is 7.97. The molecular weight excluding hydrogens is 485 g/mol. The Labute approximate surface area is 189 Å². The minimum Gasteiger partial charge on any atom is -0.497 e. The number of nitrogens with zero attached hydrogens (tertiary/aromatic N) is 3. The van der Waals surface area contributed by atoms with Crippen LogP contribution in [0.2, 0.25) is 0 Å². The summed E-state index contributed by atoms with van der Waals surface area (Å²) in [6.45, 7) is 5.72. The third-order valence-electron chi connectivity index (χ3n) is 4.49. The van der Waals surface area contributed by atoms with Crippen LogP contribution in [0.25, 0.3) is 0 Å². The lowest BCUT2D eigenvalue weighted by atomic mass is 10.1. The van der Waals surface area contributed by atoms with Crippen LogP contribution >= 0.6 is 35.3 Å². The average Bonchev–Trinajstić information content (AvgIpc) is 2.97. The average molecular weight is 517 g/mol. The summed E-state index contributed by atoms with van der Waals surface area (Å²) in [6.07, 6.45) is 0.896. The fourth-order valence-corrected chi connectivity index (χ4v) is 3.73. The largest absolute Gasteiger partial charge is 0.497 e. The zero-order valence-electron chi connectivity index (χ0n) is 17.6. The van der Waals surface area contributed by atoms with Gasteiger partial charge in [0.2, 0.25) is 0 Å². The van der Waals surface area contributed by atoms with E-state index in [4.69, 9.17) is 4.74 Å². The first-order valence-corrected chi connectivity index (χ1v) is 9.94. The van der Waals surface area contributed by atoms with E-state index in [2.05, 4.69) is 65.6 Å². The van der Waals surface area contributed by atoms with Gasteiger partial charge in [0, 0.05) is 31.4 Å². The zero-order chi connectivity index (χ0) is 19.8.